The van der Waals surface area contributed by atoms with Gasteiger partial charge in [0.1, 0.15) is 36.1 Å². The summed E-state index contributed by atoms with van der Waals surface area (Å²) in [6.07, 6.45) is 2.92. The summed E-state index contributed by atoms with van der Waals surface area (Å²) in [6, 6.07) is 61.7. The summed E-state index contributed by atoms with van der Waals surface area (Å²) < 4.78 is 72.6. The number of anilines is 4. The Kier molecular flexibility index (Phi) is 20.0. The number of rotatable bonds is 16. The Labute approximate surface area is 627 Å². The Bertz CT molecular complexity index is 6220. The van der Waals surface area contributed by atoms with E-state index in [0.29, 0.717) is 51.3 Å². The van der Waals surface area contributed by atoms with Crippen LogP contribution < -0.4 is 30.5 Å². The molecule has 0 spiro atoms. The monoisotopic (exact) mass is 1510 g/mol. The van der Waals surface area contributed by atoms with Gasteiger partial charge in [0.15, 0.2) is 11.6 Å². The fourth-order valence-corrected chi connectivity index (χ4v) is 13.9. The standard InChI is InChI=1S/C22H15FN6O.C22H18N6O2S.C18H17FN4O3.C17H13FN4O2/c23-16-7-4-13(5-8-16)22(30)26-17-3-1-2-14(10-17)20-18-11-15(21-24-12-25-29-21)6-9-19(18)27-28-20;29-31(30,13-15-5-2-1-3-6-15)28-18-8-4-7-16(11-18)21-19-12-17(22-23-14-24-27-22)9-10-20(19)25-26-21;1-2-26-18(25)10-20-17(24)23(18)13-7-8-15-14(9-13)16(22-21-15)11-3-5-12(19)6-4-11;1-9-16(23)22(17(24)19-9)12-6-7-14-13(8-12)15(21-20-14)10-2-4-11(18)5-3-10/h1-12H,(H,26,30)(H,27,28)(H,24,25,29);1-12,14,28H,13H2,(H,25,26)(H,23,24,27);3-9,25H,2,10H2,1H3,(H,20,24)(H,21,22);2-9H,1H3,(H,19,24)(H,20,21). The first kappa shape index (κ1) is 72.1. The van der Waals surface area contributed by atoms with Crippen molar-refractivity contribution in [1.82, 2.24) is 81.8 Å². The first-order chi connectivity index (χ1) is 53.8. The number of amides is 6. The number of carbonyl (C=O) groups excluding carboxylic acids is 4. The molecule has 0 aliphatic carbocycles. The average molecular weight is 1510 g/mol. The molecule has 2 unspecified atom stereocenters. The van der Waals surface area contributed by atoms with E-state index < -0.39 is 34.0 Å². The Balaban J connectivity index is 0.000000118. The smallest absolute Gasteiger partial charge is 0.329 e. The molecule has 2 aliphatic rings. The van der Waals surface area contributed by atoms with Gasteiger partial charge in [-0.2, -0.15) is 30.6 Å². The van der Waals surface area contributed by atoms with Crippen LogP contribution in [-0.4, -0.2) is 134 Å². The molecular weight excluding hydrogens is 1450 g/mol. The van der Waals surface area contributed by atoms with Crippen LogP contribution in [0.15, 0.2) is 237 Å². The van der Waals surface area contributed by atoms with Crippen molar-refractivity contribution in [3.05, 3.63) is 266 Å². The van der Waals surface area contributed by atoms with Crippen LogP contribution in [0.25, 0.3) is 111 Å². The lowest BCUT2D eigenvalue weighted by molar-refractivity contribution is -0.180. The lowest BCUT2D eigenvalue weighted by atomic mass is 10.0. The Hall–Kier alpha value is -14.5. The Morgan fingerprint density at radius 2 is 0.982 bits per heavy atom. The maximum Gasteiger partial charge on any atom is 0.329 e. The van der Waals surface area contributed by atoms with E-state index in [4.69, 9.17) is 4.74 Å². The van der Waals surface area contributed by atoms with Crippen LogP contribution in [0.3, 0.4) is 0 Å². The van der Waals surface area contributed by atoms with Gasteiger partial charge in [-0.3, -0.25) is 44.9 Å². The molecule has 28 nitrogen and oxygen atoms in total. The van der Waals surface area contributed by atoms with E-state index in [9.17, 15) is 45.9 Å². The van der Waals surface area contributed by atoms with Crippen molar-refractivity contribution in [2.24, 2.45) is 0 Å². The molecule has 554 valence electrons. The topological polar surface area (TPSA) is 384 Å². The van der Waals surface area contributed by atoms with E-state index in [0.717, 1.165) is 98.8 Å². The number of nitrogens with one attached hydrogen (secondary N) is 10. The van der Waals surface area contributed by atoms with Crippen LogP contribution in [0, 0.1) is 17.5 Å². The highest BCUT2D eigenvalue weighted by atomic mass is 32.2. The predicted octanol–water partition coefficient (Wildman–Crippen LogP) is 13.8. The minimum Gasteiger partial charge on any atom is -0.347 e. The van der Waals surface area contributed by atoms with Crippen molar-refractivity contribution < 1.29 is 50.6 Å². The molecule has 2 aliphatic heterocycles. The summed E-state index contributed by atoms with van der Waals surface area (Å²) in [5.41, 5.74) is 14.0. The third-order valence-electron chi connectivity index (χ3n) is 18.0. The van der Waals surface area contributed by atoms with Gasteiger partial charge in [0.05, 0.1) is 68.5 Å². The Morgan fingerprint density at radius 1 is 0.523 bits per heavy atom. The van der Waals surface area contributed by atoms with Crippen molar-refractivity contribution in [3.63, 3.8) is 0 Å². The van der Waals surface area contributed by atoms with Crippen LogP contribution in [0.5, 0.6) is 0 Å². The quantitative estimate of drug-likeness (QED) is 0.0316. The molecule has 2 fully saturated rings. The molecule has 0 radical (unpaired) electrons. The van der Waals surface area contributed by atoms with Gasteiger partial charge in [-0.15, -0.1) is 0 Å². The number of ether oxygens (including phenoxy) is 1. The minimum atomic E-state index is -3.55. The summed E-state index contributed by atoms with van der Waals surface area (Å²) in [7, 11) is -3.55. The highest BCUT2D eigenvalue weighted by Crippen LogP contribution is 2.37. The number of hydrogen-bond donors (Lipinski definition) is 11. The molecule has 16 aromatic rings. The zero-order valence-electron chi connectivity index (χ0n) is 58.5. The molecule has 11 N–H and O–H groups in total. The molecule has 32 heteroatoms. The van der Waals surface area contributed by atoms with E-state index in [1.54, 1.807) is 111 Å². The number of halogens is 3. The molecule has 0 bridgehead atoms. The molecular formula is C79H63F3N20O8S. The molecule has 6 aromatic heterocycles. The molecule has 18 rings (SSSR count). The van der Waals surface area contributed by atoms with Crippen molar-refractivity contribution in [2.75, 3.05) is 33.0 Å². The molecule has 10 aromatic carbocycles. The maximum absolute atomic E-state index is 13.2. The molecule has 8 heterocycles. The number of H-pyrrole nitrogens is 6. The van der Waals surface area contributed by atoms with Crippen molar-refractivity contribution in [2.45, 2.75) is 31.6 Å². The van der Waals surface area contributed by atoms with Gasteiger partial charge in [-0.05, 0) is 189 Å². The van der Waals surface area contributed by atoms with Crippen molar-refractivity contribution >= 4 is 100 Å². The summed E-state index contributed by atoms with van der Waals surface area (Å²) in [4.78, 5) is 59.5. The number of imide groups is 1. The highest BCUT2D eigenvalue weighted by molar-refractivity contribution is 7.91. The number of hydrogen-bond acceptors (Lipinski definition) is 16. The number of nitrogens with zero attached hydrogens (tertiary/aromatic N) is 10. The normalized spacial score (nSPS) is 14.7. The van der Waals surface area contributed by atoms with Crippen LogP contribution in [0.2, 0.25) is 0 Å². The lowest BCUT2D eigenvalue weighted by Crippen LogP contribution is -2.49. The summed E-state index contributed by atoms with van der Waals surface area (Å²) in [5.74, 6) is -2.16. The van der Waals surface area contributed by atoms with Gasteiger partial charge < -0.3 is 25.8 Å². The zero-order valence-corrected chi connectivity index (χ0v) is 59.4. The second-order valence-electron chi connectivity index (χ2n) is 25.4. The summed E-state index contributed by atoms with van der Waals surface area (Å²) in [6.45, 7) is 3.59. The third kappa shape index (κ3) is 15.6. The largest absolute Gasteiger partial charge is 0.347 e. The molecule has 0 saturated carbocycles. The number of aromatic amines is 6. The fourth-order valence-electron chi connectivity index (χ4n) is 12.7. The van der Waals surface area contributed by atoms with Crippen LogP contribution in [-0.2, 0) is 25.3 Å². The van der Waals surface area contributed by atoms with Crippen LogP contribution >= 0.6 is 0 Å². The van der Waals surface area contributed by atoms with Gasteiger partial charge in [0, 0.05) is 78.5 Å². The maximum atomic E-state index is 13.2. The SMILES string of the molecule is CC1NC(=O)N(c2ccc3[nH]nc(-c4ccc(F)cc4)c3c2)C1=O.CCOC1(O)CNC(=O)N1c1ccc2[nH]nc(-c3ccc(F)cc3)c2c1.O=C(Nc1cccc(-c2n[nH]c3ccc(-c4ncn[nH]4)cc23)c1)c1ccc(F)cc1.O=S(=O)(Cc1ccccc1)Nc1cccc(-c2n[nH]c3ccc(-c4ncn[nH]4)cc23)c1. The molecule has 2 atom stereocenters. The van der Waals surface area contributed by atoms with Gasteiger partial charge in [0.25, 0.3) is 17.7 Å². The van der Waals surface area contributed by atoms with Crippen LogP contribution in [0.1, 0.15) is 29.8 Å². The number of aliphatic hydroxyl groups is 1. The van der Waals surface area contributed by atoms with Gasteiger partial charge in [0.2, 0.25) is 10.0 Å². The van der Waals surface area contributed by atoms with Crippen LogP contribution in [0.4, 0.5) is 45.5 Å². The van der Waals surface area contributed by atoms with E-state index in [1.807, 2.05) is 78.9 Å². The first-order valence-electron chi connectivity index (χ1n) is 34.4. The molecule has 111 heavy (non-hydrogen) atoms. The number of urea groups is 2. The van der Waals surface area contributed by atoms with Gasteiger partial charge in [-0.25, -0.2) is 50.9 Å². The zero-order chi connectivity index (χ0) is 76.9. The van der Waals surface area contributed by atoms with Gasteiger partial charge >= 0.3 is 12.1 Å². The average Bonchev–Trinajstić information content (AvgIpc) is 1.63. The van der Waals surface area contributed by atoms with E-state index >= 15 is 0 Å². The van der Waals surface area contributed by atoms with E-state index in [1.165, 1.54) is 66.1 Å². The number of β-amino-alcohol motifs (C(OH)–C–C–N with tert-alkyl or cyclic N) is 1. The highest BCUT2D eigenvalue weighted by Gasteiger charge is 2.46. The summed E-state index contributed by atoms with van der Waals surface area (Å²) >= 11 is 0. The predicted molar refractivity (Wildman–Crippen MR) is 412 cm³/mol. The fraction of sp³-hybridized carbons (Fsp3) is 0.0886. The number of carbonyl (C=O) groups is 4. The minimum absolute atomic E-state index is 0.0338. The Morgan fingerprint density at radius 3 is 1.48 bits per heavy atom. The lowest BCUT2D eigenvalue weighted by Gasteiger charge is -2.31. The first-order valence-corrected chi connectivity index (χ1v) is 36.0. The van der Waals surface area contributed by atoms with E-state index in [-0.39, 0.29) is 48.2 Å². The number of aromatic nitrogens is 14. The number of sulfonamides is 1. The summed E-state index contributed by atoms with van der Waals surface area (Å²) in [5, 5.41) is 64.8. The third-order valence-corrected chi connectivity index (χ3v) is 19.2. The van der Waals surface area contributed by atoms with Crippen molar-refractivity contribution in [3.8, 4) is 67.8 Å². The van der Waals surface area contributed by atoms with E-state index in [2.05, 4.69) is 91.8 Å². The van der Waals surface area contributed by atoms with Crippen molar-refractivity contribution in [1.29, 1.82) is 0 Å². The van der Waals surface area contributed by atoms with Gasteiger partial charge in [-0.1, -0.05) is 54.6 Å². The molecule has 6 amide bonds. The second kappa shape index (κ2) is 30.8. The molecule has 2 saturated heterocycles. The number of fused-ring (bicyclic) bond motifs is 4. The number of benzene rings is 10. The second-order valence-corrected chi connectivity index (χ2v) is 27.2.